The van der Waals surface area contributed by atoms with Gasteiger partial charge in [-0.3, -0.25) is 0 Å². The molecule has 2 amide bonds. The third-order valence-electron chi connectivity index (χ3n) is 3.72. The monoisotopic (exact) mass is 280 g/mol. The molecule has 3 atom stereocenters. The maximum atomic E-state index is 13.6. The standard InChI is InChI=1S/C15H21FN2O2/c1-2-10(7-8-19)17-15(20)18-14-9-12(14)11-5-3-4-6-13(11)16/h3-6,10,12,14,19H,2,7-9H2,1H3,(H2,17,18,20). The van der Waals surface area contributed by atoms with Gasteiger partial charge in [0.15, 0.2) is 0 Å². The molecule has 0 spiro atoms. The molecular weight excluding hydrogens is 259 g/mol. The quantitative estimate of drug-likeness (QED) is 0.747. The van der Waals surface area contributed by atoms with Crippen LogP contribution in [0.3, 0.4) is 0 Å². The molecule has 3 unspecified atom stereocenters. The number of aliphatic hydroxyl groups is 1. The van der Waals surface area contributed by atoms with E-state index in [0.717, 1.165) is 12.8 Å². The van der Waals surface area contributed by atoms with Crippen LogP contribution in [0, 0.1) is 5.82 Å². The molecule has 110 valence electrons. The molecule has 20 heavy (non-hydrogen) atoms. The Kier molecular flexibility index (Phi) is 4.95. The molecule has 0 aromatic heterocycles. The third kappa shape index (κ3) is 3.70. The fourth-order valence-electron chi connectivity index (χ4n) is 2.40. The first-order valence-electron chi connectivity index (χ1n) is 7.08. The summed E-state index contributed by atoms with van der Waals surface area (Å²) < 4.78 is 13.6. The van der Waals surface area contributed by atoms with E-state index in [-0.39, 0.29) is 36.5 Å². The number of amides is 2. The van der Waals surface area contributed by atoms with Gasteiger partial charge in [-0.15, -0.1) is 0 Å². The fourth-order valence-corrected chi connectivity index (χ4v) is 2.40. The molecule has 1 aromatic rings. The fraction of sp³-hybridized carbons (Fsp3) is 0.533. The highest BCUT2D eigenvalue weighted by Gasteiger charge is 2.41. The summed E-state index contributed by atoms with van der Waals surface area (Å²) in [5, 5.41) is 14.6. The number of benzene rings is 1. The highest BCUT2D eigenvalue weighted by atomic mass is 19.1. The molecule has 1 fully saturated rings. The Hall–Kier alpha value is -1.62. The lowest BCUT2D eigenvalue weighted by Crippen LogP contribution is -2.43. The Labute approximate surface area is 118 Å². The summed E-state index contributed by atoms with van der Waals surface area (Å²) in [6, 6.07) is 6.41. The van der Waals surface area contributed by atoms with Gasteiger partial charge in [-0.2, -0.15) is 0 Å². The summed E-state index contributed by atoms with van der Waals surface area (Å²) in [7, 11) is 0. The molecule has 1 aliphatic rings. The van der Waals surface area contributed by atoms with Crippen LogP contribution in [0.15, 0.2) is 24.3 Å². The summed E-state index contributed by atoms with van der Waals surface area (Å²) in [6.45, 7) is 2.01. The summed E-state index contributed by atoms with van der Waals surface area (Å²) in [5.74, 6) is -0.145. The van der Waals surface area contributed by atoms with Gasteiger partial charge in [-0.25, -0.2) is 9.18 Å². The lowest BCUT2D eigenvalue weighted by molar-refractivity contribution is 0.227. The van der Waals surface area contributed by atoms with Crippen LogP contribution in [0.25, 0.3) is 0 Å². The highest BCUT2D eigenvalue weighted by Crippen LogP contribution is 2.41. The van der Waals surface area contributed by atoms with E-state index in [1.54, 1.807) is 12.1 Å². The van der Waals surface area contributed by atoms with Gasteiger partial charge in [-0.05, 0) is 30.9 Å². The van der Waals surface area contributed by atoms with Crippen LogP contribution in [0.2, 0.25) is 0 Å². The van der Waals surface area contributed by atoms with E-state index in [1.165, 1.54) is 6.07 Å². The van der Waals surface area contributed by atoms with E-state index in [1.807, 2.05) is 13.0 Å². The van der Waals surface area contributed by atoms with Crippen LogP contribution < -0.4 is 10.6 Å². The minimum absolute atomic E-state index is 0.00136. The van der Waals surface area contributed by atoms with Crippen LogP contribution in [-0.4, -0.2) is 29.8 Å². The maximum Gasteiger partial charge on any atom is 0.315 e. The predicted octanol–water partition coefficient (Wildman–Crippen LogP) is 2.14. The first-order chi connectivity index (χ1) is 9.65. The second-order valence-corrected chi connectivity index (χ2v) is 5.21. The summed E-state index contributed by atoms with van der Waals surface area (Å²) in [6.07, 6.45) is 2.09. The average molecular weight is 280 g/mol. The molecule has 4 nitrogen and oxygen atoms in total. The van der Waals surface area contributed by atoms with Crippen LogP contribution >= 0.6 is 0 Å². The van der Waals surface area contributed by atoms with Crippen molar-refractivity contribution in [1.82, 2.24) is 10.6 Å². The minimum atomic E-state index is -0.242. The normalized spacial score (nSPS) is 22.1. The zero-order valence-corrected chi connectivity index (χ0v) is 11.6. The largest absolute Gasteiger partial charge is 0.396 e. The molecule has 1 saturated carbocycles. The second kappa shape index (κ2) is 6.70. The number of nitrogens with one attached hydrogen (secondary N) is 2. The Morgan fingerprint density at radius 2 is 2.25 bits per heavy atom. The van der Waals surface area contributed by atoms with Crippen molar-refractivity contribution in [3.8, 4) is 0 Å². The number of aliphatic hydroxyl groups excluding tert-OH is 1. The number of carbonyl (C=O) groups is 1. The van der Waals surface area contributed by atoms with E-state index >= 15 is 0 Å². The molecule has 1 aromatic carbocycles. The molecular formula is C15H21FN2O2. The topological polar surface area (TPSA) is 61.4 Å². The Balaban J connectivity index is 1.82. The van der Waals surface area contributed by atoms with Gasteiger partial charge in [0, 0.05) is 24.6 Å². The third-order valence-corrected chi connectivity index (χ3v) is 3.72. The zero-order chi connectivity index (χ0) is 14.5. The molecule has 1 aliphatic carbocycles. The minimum Gasteiger partial charge on any atom is -0.396 e. The van der Waals surface area contributed by atoms with Crippen LogP contribution in [-0.2, 0) is 0 Å². The molecule has 0 radical (unpaired) electrons. The maximum absolute atomic E-state index is 13.6. The van der Waals surface area contributed by atoms with Crippen LogP contribution in [0.5, 0.6) is 0 Å². The van der Waals surface area contributed by atoms with Crippen molar-refractivity contribution in [1.29, 1.82) is 0 Å². The lowest BCUT2D eigenvalue weighted by atomic mass is 10.1. The van der Waals surface area contributed by atoms with E-state index in [2.05, 4.69) is 10.6 Å². The van der Waals surface area contributed by atoms with E-state index < -0.39 is 0 Å². The van der Waals surface area contributed by atoms with E-state index in [4.69, 9.17) is 5.11 Å². The van der Waals surface area contributed by atoms with Gasteiger partial charge >= 0.3 is 6.03 Å². The van der Waals surface area contributed by atoms with Crippen molar-refractivity contribution in [2.45, 2.75) is 44.2 Å². The predicted molar refractivity (Wildman–Crippen MR) is 75.0 cm³/mol. The summed E-state index contributed by atoms with van der Waals surface area (Å²) >= 11 is 0. The number of halogens is 1. The average Bonchev–Trinajstić information content (AvgIpc) is 3.17. The number of urea groups is 1. The summed E-state index contributed by atoms with van der Waals surface area (Å²) in [5.41, 5.74) is 0.667. The van der Waals surface area contributed by atoms with Gasteiger partial charge in [0.05, 0.1) is 0 Å². The van der Waals surface area contributed by atoms with Gasteiger partial charge in [0.2, 0.25) is 0 Å². The molecule has 0 aliphatic heterocycles. The molecule has 2 rings (SSSR count). The van der Waals surface area contributed by atoms with Gasteiger partial charge in [0.25, 0.3) is 0 Å². The molecule has 5 heteroatoms. The molecule has 0 bridgehead atoms. The highest BCUT2D eigenvalue weighted by molar-refractivity contribution is 5.75. The number of carbonyl (C=O) groups excluding carboxylic acids is 1. The van der Waals surface area contributed by atoms with E-state index in [9.17, 15) is 9.18 Å². The molecule has 0 heterocycles. The SMILES string of the molecule is CCC(CCO)NC(=O)NC1CC1c1ccccc1F. The second-order valence-electron chi connectivity index (χ2n) is 5.21. The number of rotatable bonds is 6. The van der Waals surface area contributed by atoms with Crippen LogP contribution in [0.4, 0.5) is 9.18 Å². The van der Waals surface area contributed by atoms with Gasteiger partial charge in [0.1, 0.15) is 5.82 Å². The smallest absolute Gasteiger partial charge is 0.315 e. The molecule has 0 saturated heterocycles. The Morgan fingerprint density at radius 3 is 2.90 bits per heavy atom. The number of hydrogen-bond acceptors (Lipinski definition) is 2. The number of hydrogen-bond donors (Lipinski definition) is 3. The van der Waals surface area contributed by atoms with E-state index in [0.29, 0.717) is 12.0 Å². The van der Waals surface area contributed by atoms with Crippen molar-refractivity contribution < 1.29 is 14.3 Å². The van der Waals surface area contributed by atoms with Crippen molar-refractivity contribution in [3.63, 3.8) is 0 Å². The Morgan fingerprint density at radius 1 is 1.50 bits per heavy atom. The van der Waals surface area contributed by atoms with Crippen molar-refractivity contribution in [3.05, 3.63) is 35.6 Å². The van der Waals surface area contributed by atoms with Crippen LogP contribution in [0.1, 0.15) is 37.7 Å². The van der Waals surface area contributed by atoms with Crippen molar-refractivity contribution in [2.24, 2.45) is 0 Å². The zero-order valence-electron chi connectivity index (χ0n) is 11.6. The summed E-state index contributed by atoms with van der Waals surface area (Å²) in [4.78, 5) is 11.8. The lowest BCUT2D eigenvalue weighted by Gasteiger charge is -2.16. The van der Waals surface area contributed by atoms with Crippen molar-refractivity contribution in [2.75, 3.05) is 6.61 Å². The first kappa shape index (κ1) is 14.8. The van der Waals surface area contributed by atoms with Gasteiger partial charge in [-0.1, -0.05) is 25.1 Å². The molecule has 3 N–H and O–H groups in total. The van der Waals surface area contributed by atoms with Gasteiger partial charge < -0.3 is 15.7 Å². The Bertz CT molecular complexity index is 467. The van der Waals surface area contributed by atoms with Crippen molar-refractivity contribution >= 4 is 6.03 Å². The first-order valence-corrected chi connectivity index (χ1v) is 7.08.